The second-order valence-electron chi connectivity index (χ2n) is 0.465. The second-order valence-corrected chi connectivity index (χ2v) is 0.465. The van der Waals surface area contributed by atoms with Gasteiger partial charge < -0.3 is 55.6 Å². The molecule has 11 heteroatoms. The van der Waals surface area contributed by atoms with Crippen molar-refractivity contribution >= 4 is 0 Å². The van der Waals surface area contributed by atoms with E-state index in [-0.39, 0.29) is 21.1 Å². The van der Waals surface area contributed by atoms with Gasteiger partial charge in [-0.15, -0.1) is 13.5 Å². The third-order valence-corrected chi connectivity index (χ3v) is 0.167. The van der Waals surface area contributed by atoms with Crippen molar-refractivity contribution in [3.63, 3.8) is 0 Å². The van der Waals surface area contributed by atoms with Crippen LogP contribution in [-0.2, 0) is 30.8 Å². The first-order valence-corrected chi connectivity index (χ1v) is 3.75. The van der Waals surface area contributed by atoms with E-state index in [1.807, 2.05) is 0 Å². The largest absolute Gasteiger partial charge is 0.486 e. The van der Waals surface area contributed by atoms with E-state index >= 15 is 0 Å². The molecule has 0 radical (unpaired) electrons. The van der Waals surface area contributed by atoms with Gasteiger partial charge in [-0.05, 0) is 0 Å². The monoisotopic (exact) mass is 454 g/mol. The molecule has 0 saturated carbocycles. The summed E-state index contributed by atoms with van der Waals surface area (Å²) in [7, 11) is 16.5. The first-order chi connectivity index (χ1) is 8.91. The molecule has 19 heavy (non-hydrogen) atoms. The fourth-order valence-electron chi connectivity index (χ4n) is 0.0642. The van der Waals surface area contributed by atoms with E-state index < -0.39 is 0 Å². The van der Waals surface area contributed by atoms with Crippen molar-refractivity contribution < 1.29 is 30.8 Å². The van der Waals surface area contributed by atoms with Crippen molar-refractivity contribution in [2.75, 3.05) is 0 Å². The molecule has 0 heterocycles. The smallest absolute Gasteiger partial charge is 0 e. The summed E-state index contributed by atoms with van der Waals surface area (Å²) in [6.45, 7) is 1.76. The van der Waals surface area contributed by atoms with E-state index in [1.54, 1.807) is 0 Å². The zero-order chi connectivity index (χ0) is 16.8. The van der Waals surface area contributed by atoms with Crippen LogP contribution in [0, 0.1) is 55.7 Å². The molecule has 16 N–H and O–H groups in total. The topological polar surface area (TPSA) is 227 Å². The van der Waals surface area contributed by atoms with E-state index in [0.717, 1.165) is 13.5 Å². The summed E-state index contributed by atoms with van der Waals surface area (Å²) in [5.41, 5.74) is 34.8. The van der Waals surface area contributed by atoms with Gasteiger partial charge in [-0.25, -0.2) is 0 Å². The Balaban J connectivity index is -0.0000000135. The van der Waals surface area contributed by atoms with Crippen LogP contribution in [0.2, 0.25) is 0 Å². The van der Waals surface area contributed by atoms with E-state index in [4.69, 9.17) is 0 Å². The maximum absolute atomic E-state index is 4.67. The van der Waals surface area contributed by atoms with Gasteiger partial charge in [0.2, 0.25) is 0 Å². The van der Waals surface area contributed by atoms with Crippen molar-refractivity contribution in [1.29, 1.82) is 0 Å². The average molecular weight is 454 g/mol. The van der Waals surface area contributed by atoms with Crippen molar-refractivity contribution in [3.8, 4) is 0 Å². The van der Waals surface area contributed by atoms with Crippen LogP contribution in [0.1, 0.15) is 0 Å². The fourth-order valence-corrected chi connectivity index (χ4v) is 0.0642. The van der Waals surface area contributed by atoms with Gasteiger partial charge in [-0.2, -0.15) is 0 Å². The molecule has 0 aromatic rings. The molecule has 0 amide bonds. The Morgan fingerprint density at radius 3 is 0.632 bits per heavy atom. The zero-order valence-corrected chi connectivity index (χ0v) is 14.2. The Hall–Kier alpha value is 0.288. The first-order valence-electron chi connectivity index (χ1n) is 3.75. The maximum atomic E-state index is 4.67. The Bertz CT molecular complexity index is 42.7. The molecule has 0 bridgehead atoms. The van der Waals surface area contributed by atoms with Crippen LogP contribution in [0.15, 0.2) is 0 Å². The Labute approximate surface area is 133 Å². The molecule has 10 nitrogen and oxygen atoms in total. The summed E-state index contributed by atoms with van der Waals surface area (Å²) in [5.74, 6) is 0. The summed E-state index contributed by atoms with van der Waals surface area (Å²) >= 11 is 0. The Kier molecular flexibility index (Phi) is 792. The molecular formula is C8H30N8O2W-8. The molecule has 0 aliphatic rings. The van der Waals surface area contributed by atoms with Crippen LogP contribution in [0.4, 0.5) is 0 Å². The predicted octanol–water partition coefficient (Wildman–Crippen LogP) is -2.49. The van der Waals surface area contributed by atoms with Crippen LogP contribution in [0.25, 0.3) is 0 Å². The summed E-state index contributed by atoms with van der Waals surface area (Å²) in [4.78, 5) is 7.91. The van der Waals surface area contributed by atoms with Gasteiger partial charge in [-0.1, -0.05) is 0 Å². The molecule has 0 aliphatic heterocycles. The number of hydrogen-bond acceptors (Lipinski definition) is 10. The van der Waals surface area contributed by atoms with Gasteiger partial charge >= 0.3 is 0 Å². The second kappa shape index (κ2) is 297. The van der Waals surface area contributed by atoms with Gasteiger partial charge in [0.05, 0.1) is 0 Å². The normalized spacial score (nSPS) is 4.74. The number of hydrogen-bond donors (Lipinski definition) is 8. The van der Waals surface area contributed by atoms with Crippen LogP contribution in [0.3, 0.4) is 0 Å². The van der Waals surface area contributed by atoms with Gasteiger partial charge in [0.1, 0.15) is 0 Å². The van der Waals surface area contributed by atoms with Crippen LogP contribution in [-0.4, -0.2) is 0 Å². The van der Waals surface area contributed by atoms with Crippen molar-refractivity contribution in [1.82, 2.24) is 0 Å². The van der Waals surface area contributed by atoms with Gasteiger partial charge in [-0.3, -0.25) is 42.3 Å². The van der Waals surface area contributed by atoms with Crippen molar-refractivity contribution in [2.24, 2.45) is 45.9 Å². The molecule has 0 fully saturated rings. The molecule has 0 spiro atoms. The fraction of sp³-hybridized carbons (Fsp3) is 0. The van der Waals surface area contributed by atoms with Crippen LogP contribution in [0.5, 0.6) is 0 Å². The summed E-state index contributed by atoms with van der Waals surface area (Å²) < 4.78 is 0. The third kappa shape index (κ3) is 449. The zero-order valence-electron chi connectivity index (χ0n) is 11.2. The van der Waals surface area contributed by atoms with E-state index in [9.17, 15) is 0 Å². The SMILES string of the molecule is N[CH-]OO[CH-]N.[CH2-]N.[CH2-]N.[CH2-]N.[CH2-]N.[CH2-]N.[CH2-]N.[W]. The van der Waals surface area contributed by atoms with Gasteiger partial charge in [0.15, 0.2) is 0 Å². The molecule has 0 aromatic carbocycles. The molecule has 0 rings (SSSR count). The Morgan fingerprint density at radius 2 is 0.579 bits per heavy atom. The van der Waals surface area contributed by atoms with E-state index in [2.05, 4.69) is 97.9 Å². The predicted molar refractivity (Wildman–Crippen MR) is 76.4 cm³/mol. The molecule has 0 unspecified atom stereocenters. The summed E-state index contributed by atoms with van der Waals surface area (Å²) in [6, 6.07) is 0. The van der Waals surface area contributed by atoms with E-state index in [1.165, 1.54) is 0 Å². The minimum Gasteiger partial charge on any atom is -0.486 e. The quantitative estimate of drug-likeness (QED) is 0.0968. The van der Waals surface area contributed by atoms with Crippen LogP contribution >= 0.6 is 0 Å². The van der Waals surface area contributed by atoms with Crippen LogP contribution < -0.4 is 45.9 Å². The van der Waals surface area contributed by atoms with Gasteiger partial charge in [0.25, 0.3) is 0 Å². The summed E-state index contributed by atoms with van der Waals surface area (Å²) in [5, 5.41) is 0. The van der Waals surface area contributed by atoms with E-state index in [0.29, 0.717) is 0 Å². The number of rotatable bonds is 3. The molecule has 0 saturated heterocycles. The van der Waals surface area contributed by atoms with Gasteiger partial charge in [0, 0.05) is 21.1 Å². The minimum absolute atomic E-state index is 0. The molecule has 0 aliphatic carbocycles. The first kappa shape index (κ1) is 50.6. The molecule has 128 valence electrons. The molecule has 0 atom stereocenters. The van der Waals surface area contributed by atoms with Crippen molar-refractivity contribution in [2.45, 2.75) is 0 Å². The molecular weight excluding hydrogens is 424 g/mol. The van der Waals surface area contributed by atoms with Crippen molar-refractivity contribution in [3.05, 3.63) is 55.7 Å². The average Bonchev–Trinajstić information content (AvgIpc) is 2.57. The Morgan fingerprint density at radius 1 is 0.474 bits per heavy atom. The summed E-state index contributed by atoms with van der Waals surface area (Å²) in [6.07, 6.45) is 0. The standard InChI is InChI=1S/C2H6N2O2.6CH4N.W/c3-1-5-6-2-4;6*1-2;/h1-2H,3-4H2;6*1-2H2;/q-2;6*-1;. The number of nitrogens with two attached hydrogens (primary N) is 8. The third-order valence-electron chi connectivity index (χ3n) is 0.167. The minimum atomic E-state index is 0. The maximum Gasteiger partial charge on any atom is 0 e. The molecule has 0 aromatic heterocycles.